The molecule has 0 aromatic carbocycles. The van der Waals surface area contributed by atoms with Crippen LogP contribution in [0.3, 0.4) is 0 Å². The van der Waals surface area contributed by atoms with Crippen molar-refractivity contribution in [3.8, 4) is 0 Å². The summed E-state index contributed by atoms with van der Waals surface area (Å²) in [5.41, 5.74) is -3.41. The van der Waals surface area contributed by atoms with Gasteiger partial charge in [-0.25, -0.2) is 0 Å². The van der Waals surface area contributed by atoms with Gasteiger partial charge in [-0.2, -0.15) is 0 Å². The first kappa shape index (κ1) is 20.2. The molecule has 1 aliphatic carbocycles. The summed E-state index contributed by atoms with van der Waals surface area (Å²) < 4.78 is 20.2. The second-order valence-electron chi connectivity index (χ2n) is 5.33. The Hall–Kier alpha value is -1.81. The topological polar surface area (TPSA) is 125 Å². The second kappa shape index (κ2) is 7.84. The van der Waals surface area contributed by atoms with Gasteiger partial charge in [0.25, 0.3) is 0 Å². The average molecular weight is 364 g/mol. The quantitative estimate of drug-likeness (QED) is 0.280. The molecule has 1 aliphatic rings. The number of aliphatic hydroxyl groups is 1. The van der Waals surface area contributed by atoms with Crippen LogP contribution in [-0.2, 0) is 38.1 Å². The van der Waals surface area contributed by atoms with Crippen LogP contribution in [-0.4, -0.2) is 58.8 Å². The van der Waals surface area contributed by atoms with E-state index in [0.717, 1.165) is 27.7 Å². The Labute approximate surface area is 144 Å². The van der Waals surface area contributed by atoms with Gasteiger partial charge in [-0.15, -0.1) is 12.6 Å². The fourth-order valence-corrected chi connectivity index (χ4v) is 3.09. The minimum atomic E-state index is -1.82. The van der Waals surface area contributed by atoms with Gasteiger partial charge in [0, 0.05) is 27.7 Å². The van der Waals surface area contributed by atoms with Crippen LogP contribution in [0, 0.1) is 5.92 Å². The van der Waals surface area contributed by atoms with Crippen molar-refractivity contribution in [2.24, 2.45) is 5.92 Å². The van der Waals surface area contributed by atoms with E-state index in [0.29, 0.717) is 0 Å². The molecule has 5 atom stereocenters. The first-order valence-corrected chi connectivity index (χ1v) is 7.57. The number of ether oxygens (including phenoxy) is 4. The van der Waals surface area contributed by atoms with E-state index in [1.165, 1.54) is 0 Å². The van der Waals surface area contributed by atoms with E-state index in [-0.39, 0.29) is 6.61 Å². The summed E-state index contributed by atoms with van der Waals surface area (Å²) in [4.78, 5) is 45.2. The zero-order valence-electron chi connectivity index (χ0n) is 13.7. The van der Waals surface area contributed by atoms with Gasteiger partial charge in [-0.05, 0) is 0 Å². The highest BCUT2D eigenvalue weighted by molar-refractivity contribution is 7.80. The van der Waals surface area contributed by atoms with Crippen LogP contribution >= 0.6 is 12.6 Å². The Bertz CT molecular complexity index is 532. The van der Waals surface area contributed by atoms with Gasteiger partial charge in [0.15, 0.2) is 17.8 Å². The Kier molecular flexibility index (Phi) is 6.61. The maximum atomic E-state index is 11.5. The van der Waals surface area contributed by atoms with Gasteiger partial charge < -0.3 is 24.1 Å². The summed E-state index contributed by atoms with van der Waals surface area (Å²) in [5, 5.41) is 10.1. The summed E-state index contributed by atoms with van der Waals surface area (Å²) in [6, 6.07) is 0. The molecule has 0 radical (unpaired) electrons. The summed E-state index contributed by atoms with van der Waals surface area (Å²) in [6.45, 7) is 4.15. The number of carbonyl (C=O) groups is 4. The minimum absolute atomic E-state index is 0.337. The van der Waals surface area contributed by atoms with Crippen molar-refractivity contribution in [2.45, 2.75) is 50.9 Å². The lowest BCUT2D eigenvalue weighted by Gasteiger charge is -2.57. The molecule has 4 unspecified atom stereocenters. The molecule has 0 spiro atoms. The van der Waals surface area contributed by atoms with Crippen LogP contribution in [0.25, 0.3) is 0 Å². The first-order valence-electron chi connectivity index (χ1n) is 7.05. The number of thiol groups is 1. The molecular formula is C14H20O9S. The largest absolute Gasteiger partial charge is 0.465 e. The van der Waals surface area contributed by atoms with Crippen molar-refractivity contribution in [3.05, 3.63) is 0 Å². The molecule has 10 heteroatoms. The van der Waals surface area contributed by atoms with E-state index in [1.807, 2.05) is 0 Å². The minimum Gasteiger partial charge on any atom is -0.465 e. The van der Waals surface area contributed by atoms with Crippen LogP contribution < -0.4 is 0 Å². The normalized spacial score (nSPS) is 29.7. The standard InChI is InChI=1S/C14H20O9S/c1-6(15)20-5-10-11(21-7(2)16)12(22-8(3)17)14(10,13(19)24)23-9(4)18/h10-13,19,24H,5H2,1-4H3/t10?,11?,12-,13?,14?/m1/s1. The molecule has 0 bridgehead atoms. The van der Waals surface area contributed by atoms with Crippen molar-refractivity contribution in [1.29, 1.82) is 0 Å². The molecule has 1 rings (SSSR count). The summed E-state index contributed by atoms with van der Waals surface area (Å²) in [5.74, 6) is -3.80. The molecule has 0 saturated heterocycles. The van der Waals surface area contributed by atoms with E-state index < -0.39 is 53.0 Å². The summed E-state index contributed by atoms with van der Waals surface area (Å²) >= 11 is 3.91. The molecule has 0 amide bonds. The van der Waals surface area contributed by atoms with Crippen LogP contribution in [0.5, 0.6) is 0 Å². The van der Waals surface area contributed by atoms with Gasteiger partial charge in [0.05, 0.1) is 5.92 Å². The summed E-state index contributed by atoms with van der Waals surface area (Å²) in [7, 11) is 0. The lowest BCUT2D eigenvalue weighted by Crippen LogP contribution is -2.78. The zero-order chi connectivity index (χ0) is 18.7. The van der Waals surface area contributed by atoms with Crippen LogP contribution in [0.15, 0.2) is 0 Å². The Morgan fingerprint density at radius 2 is 1.54 bits per heavy atom. The van der Waals surface area contributed by atoms with Gasteiger partial charge >= 0.3 is 23.9 Å². The van der Waals surface area contributed by atoms with Crippen LogP contribution in [0.2, 0.25) is 0 Å². The molecule has 24 heavy (non-hydrogen) atoms. The van der Waals surface area contributed by atoms with Crippen molar-refractivity contribution >= 4 is 36.5 Å². The van der Waals surface area contributed by atoms with Gasteiger partial charge in [-0.1, -0.05) is 0 Å². The predicted molar refractivity (Wildman–Crippen MR) is 80.7 cm³/mol. The smallest absolute Gasteiger partial charge is 0.303 e. The number of hydrogen-bond acceptors (Lipinski definition) is 10. The Morgan fingerprint density at radius 3 is 1.92 bits per heavy atom. The van der Waals surface area contributed by atoms with Crippen molar-refractivity contribution < 1.29 is 43.2 Å². The maximum Gasteiger partial charge on any atom is 0.303 e. The fraction of sp³-hybridized carbons (Fsp3) is 0.714. The monoisotopic (exact) mass is 364 g/mol. The van der Waals surface area contributed by atoms with Crippen LogP contribution in [0.1, 0.15) is 27.7 Å². The molecule has 0 aromatic heterocycles. The second-order valence-corrected chi connectivity index (χ2v) is 5.82. The molecular weight excluding hydrogens is 344 g/mol. The molecule has 1 N–H and O–H groups in total. The predicted octanol–water partition coefficient (Wildman–Crippen LogP) is -0.407. The van der Waals surface area contributed by atoms with E-state index in [1.54, 1.807) is 0 Å². The number of esters is 4. The zero-order valence-corrected chi connectivity index (χ0v) is 14.6. The first-order chi connectivity index (χ1) is 11.0. The highest BCUT2D eigenvalue weighted by Crippen LogP contribution is 2.49. The molecule has 9 nitrogen and oxygen atoms in total. The molecule has 1 saturated carbocycles. The van der Waals surface area contributed by atoms with Crippen molar-refractivity contribution in [1.82, 2.24) is 0 Å². The lowest BCUT2D eigenvalue weighted by molar-refractivity contribution is -0.301. The van der Waals surface area contributed by atoms with Crippen molar-refractivity contribution in [2.75, 3.05) is 6.61 Å². The number of rotatable bonds is 6. The molecule has 0 aliphatic heterocycles. The van der Waals surface area contributed by atoms with E-state index in [9.17, 15) is 24.3 Å². The van der Waals surface area contributed by atoms with Gasteiger partial charge in [-0.3, -0.25) is 19.2 Å². The summed E-state index contributed by atoms with van der Waals surface area (Å²) in [6.07, 6.45) is -2.37. The maximum absolute atomic E-state index is 11.5. The number of carbonyl (C=O) groups excluding carboxylic acids is 4. The fourth-order valence-electron chi connectivity index (χ4n) is 2.70. The van der Waals surface area contributed by atoms with Crippen molar-refractivity contribution in [3.63, 3.8) is 0 Å². The molecule has 0 aromatic rings. The number of aliphatic hydroxyl groups excluding tert-OH is 1. The SMILES string of the molecule is CC(=O)OCC1C(OC(C)=O)[C@@H](OC(C)=O)C1(OC(C)=O)C(O)S. The highest BCUT2D eigenvalue weighted by atomic mass is 32.1. The van der Waals surface area contributed by atoms with E-state index in [2.05, 4.69) is 12.6 Å². The van der Waals surface area contributed by atoms with Gasteiger partial charge in [0.2, 0.25) is 0 Å². The van der Waals surface area contributed by atoms with E-state index in [4.69, 9.17) is 18.9 Å². The third kappa shape index (κ3) is 4.18. The van der Waals surface area contributed by atoms with Gasteiger partial charge in [0.1, 0.15) is 12.0 Å². The Morgan fingerprint density at radius 1 is 1.00 bits per heavy atom. The molecule has 1 fully saturated rings. The third-order valence-electron chi connectivity index (χ3n) is 3.50. The molecule has 136 valence electrons. The van der Waals surface area contributed by atoms with E-state index >= 15 is 0 Å². The number of hydrogen-bond donors (Lipinski definition) is 2. The molecule has 0 heterocycles. The lowest BCUT2D eigenvalue weighted by atomic mass is 9.64. The highest BCUT2D eigenvalue weighted by Gasteiger charge is 2.72. The third-order valence-corrected chi connectivity index (χ3v) is 3.91. The Balaban J connectivity index is 3.25. The van der Waals surface area contributed by atoms with Crippen LogP contribution in [0.4, 0.5) is 0 Å². The average Bonchev–Trinajstić information content (AvgIpc) is 2.40.